The number of anilines is 1. The number of ether oxygens (including phenoxy) is 2. The van der Waals surface area contributed by atoms with Crippen molar-refractivity contribution < 1.29 is 17.9 Å². The van der Waals surface area contributed by atoms with E-state index in [4.69, 9.17) is 21.1 Å². The summed E-state index contributed by atoms with van der Waals surface area (Å²) in [6.07, 6.45) is 0. The van der Waals surface area contributed by atoms with E-state index in [0.717, 1.165) is 5.56 Å². The zero-order chi connectivity index (χ0) is 17.2. The van der Waals surface area contributed by atoms with E-state index in [1.165, 1.54) is 32.4 Å². The van der Waals surface area contributed by atoms with Crippen LogP contribution in [-0.4, -0.2) is 22.6 Å². The third-order valence-electron chi connectivity index (χ3n) is 3.10. The summed E-state index contributed by atoms with van der Waals surface area (Å²) in [5.41, 5.74) is 1.18. The Kier molecular flexibility index (Phi) is 5.44. The van der Waals surface area contributed by atoms with Crippen LogP contribution in [0, 0.1) is 6.92 Å². The number of rotatable bonds is 5. The number of halogens is 2. The van der Waals surface area contributed by atoms with Crippen molar-refractivity contribution in [1.82, 2.24) is 0 Å². The standard InChI is InChI=1S/C15H15BrClNO4S/c1-9-4-5-15(10(16)6-9)23(19,20)18-12-8-13(21-2)11(17)7-14(12)22-3/h4-8,18H,1-3H3. The van der Waals surface area contributed by atoms with Crippen molar-refractivity contribution in [2.45, 2.75) is 11.8 Å². The summed E-state index contributed by atoms with van der Waals surface area (Å²) in [7, 11) is -0.931. The predicted octanol–water partition coefficient (Wildman–Crippen LogP) is 4.23. The van der Waals surface area contributed by atoms with Gasteiger partial charge in [0.2, 0.25) is 0 Å². The monoisotopic (exact) mass is 419 g/mol. The maximum absolute atomic E-state index is 12.6. The molecule has 0 amide bonds. The lowest BCUT2D eigenvalue weighted by Gasteiger charge is -2.15. The number of sulfonamides is 1. The highest BCUT2D eigenvalue weighted by atomic mass is 79.9. The fraction of sp³-hybridized carbons (Fsp3) is 0.200. The fourth-order valence-electron chi connectivity index (χ4n) is 1.96. The maximum atomic E-state index is 12.6. The number of nitrogens with one attached hydrogen (secondary N) is 1. The van der Waals surface area contributed by atoms with Crippen LogP contribution in [0.15, 0.2) is 39.7 Å². The lowest BCUT2D eigenvalue weighted by Crippen LogP contribution is -2.14. The van der Waals surface area contributed by atoms with Crippen LogP contribution in [0.1, 0.15) is 5.56 Å². The summed E-state index contributed by atoms with van der Waals surface area (Å²) in [5.74, 6) is 0.635. The van der Waals surface area contributed by atoms with Gasteiger partial charge in [-0.2, -0.15) is 0 Å². The number of hydrogen-bond donors (Lipinski definition) is 1. The summed E-state index contributed by atoms with van der Waals surface area (Å²) in [6.45, 7) is 1.88. The van der Waals surface area contributed by atoms with Gasteiger partial charge >= 0.3 is 0 Å². The van der Waals surface area contributed by atoms with E-state index in [9.17, 15) is 8.42 Å². The summed E-state index contributed by atoms with van der Waals surface area (Å²) in [6, 6.07) is 7.94. The molecule has 0 atom stereocenters. The van der Waals surface area contributed by atoms with Gasteiger partial charge in [0.15, 0.2) is 0 Å². The van der Waals surface area contributed by atoms with Gasteiger partial charge in [-0.05, 0) is 40.5 Å². The average Bonchev–Trinajstić information content (AvgIpc) is 2.47. The van der Waals surface area contributed by atoms with Gasteiger partial charge in [0.1, 0.15) is 16.4 Å². The van der Waals surface area contributed by atoms with Gasteiger partial charge in [-0.1, -0.05) is 17.7 Å². The summed E-state index contributed by atoms with van der Waals surface area (Å²) in [4.78, 5) is 0.124. The zero-order valence-electron chi connectivity index (χ0n) is 12.7. The Morgan fingerprint density at radius 3 is 2.30 bits per heavy atom. The molecule has 0 fully saturated rings. The Balaban J connectivity index is 2.48. The minimum Gasteiger partial charge on any atom is -0.495 e. The van der Waals surface area contributed by atoms with Crippen LogP contribution < -0.4 is 14.2 Å². The van der Waals surface area contributed by atoms with Crippen molar-refractivity contribution in [2.24, 2.45) is 0 Å². The molecule has 0 radical (unpaired) electrons. The smallest absolute Gasteiger partial charge is 0.263 e. The molecule has 0 heterocycles. The van der Waals surface area contributed by atoms with E-state index in [1.807, 2.05) is 6.92 Å². The van der Waals surface area contributed by atoms with Gasteiger partial charge in [-0.3, -0.25) is 4.72 Å². The second-order valence-corrected chi connectivity index (χ2v) is 7.64. The molecule has 2 aromatic carbocycles. The number of hydrogen-bond acceptors (Lipinski definition) is 4. The average molecular weight is 421 g/mol. The highest BCUT2D eigenvalue weighted by Gasteiger charge is 2.21. The minimum atomic E-state index is -3.81. The molecule has 8 heteroatoms. The van der Waals surface area contributed by atoms with E-state index >= 15 is 0 Å². The third-order valence-corrected chi connectivity index (χ3v) is 5.73. The molecule has 0 aliphatic rings. The first-order chi connectivity index (χ1) is 10.8. The van der Waals surface area contributed by atoms with Crippen LogP contribution in [0.5, 0.6) is 11.5 Å². The molecule has 2 aromatic rings. The highest BCUT2D eigenvalue weighted by Crippen LogP contribution is 2.37. The summed E-state index contributed by atoms with van der Waals surface area (Å²) < 4.78 is 38.5. The largest absolute Gasteiger partial charge is 0.495 e. The van der Waals surface area contributed by atoms with Gasteiger partial charge in [-0.25, -0.2) is 8.42 Å². The van der Waals surface area contributed by atoms with Crippen molar-refractivity contribution in [1.29, 1.82) is 0 Å². The SMILES string of the molecule is COc1cc(NS(=O)(=O)c2ccc(C)cc2Br)c(OC)cc1Cl. The van der Waals surface area contributed by atoms with Gasteiger partial charge < -0.3 is 9.47 Å². The first-order valence-electron chi connectivity index (χ1n) is 6.49. The molecular weight excluding hydrogens is 406 g/mol. The molecule has 1 N–H and O–H groups in total. The topological polar surface area (TPSA) is 64.6 Å². The molecule has 23 heavy (non-hydrogen) atoms. The maximum Gasteiger partial charge on any atom is 0.263 e. The number of benzene rings is 2. The van der Waals surface area contributed by atoms with Gasteiger partial charge in [-0.15, -0.1) is 0 Å². The van der Waals surface area contributed by atoms with Gasteiger partial charge in [0.25, 0.3) is 10.0 Å². The van der Waals surface area contributed by atoms with Crippen LogP contribution in [0.25, 0.3) is 0 Å². The molecule has 0 unspecified atom stereocenters. The second-order valence-electron chi connectivity index (χ2n) is 4.73. The molecule has 0 bridgehead atoms. The molecule has 5 nitrogen and oxygen atoms in total. The molecule has 0 saturated carbocycles. The normalized spacial score (nSPS) is 11.2. The fourth-order valence-corrected chi connectivity index (χ4v) is 4.45. The van der Waals surface area contributed by atoms with Crippen LogP contribution in [0.3, 0.4) is 0 Å². The molecule has 0 saturated heterocycles. The van der Waals surface area contributed by atoms with Crippen molar-refractivity contribution in [3.05, 3.63) is 45.4 Å². The van der Waals surface area contributed by atoms with Crippen molar-refractivity contribution >= 4 is 43.2 Å². The Morgan fingerprint density at radius 2 is 1.74 bits per heavy atom. The van der Waals surface area contributed by atoms with E-state index in [0.29, 0.717) is 21.0 Å². The van der Waals surface area contributed by atoms with Crippen molar-refractivity contribution in [3.63, 3.8) is 0 Å². The predicted molar refractivity (Wildman–Crippen MR) is 94.2 cm³/mol. The van der Waals surface area contributed by atoms with Gasteiger partial charge in [0.05, 0.1) is 24.9 Å². The van der Waals surface area contributed by atoms with Crippen molar-refractivity contribution in [3.8, 4) is 11.5 Å². The Hall–Kier alpha value is -1.44. The van der Waals surface area contributed by atoms with Crippen LogP contribution in [0.4, 0.5) is 5.69 Å². The van der Waals surface area contributed by atoms with Crippen molar-refractivity contribution in [2.75, 3.05) is 18.9 Å². The number of aryl methyl sites for hydroxylation is 1. The Bertz CT molecular complexity index is 840. The molecule has 0 aliphatic carbocycles. The molecule has 124 valence electrons. The summed E-state index contributed by atoms with van der Waals surface area (Å²) >= 11 is 9.30. The van der Waals surface area contributed by atoms with Crippen LogP contribution >= 0.6 is 27.5 Å². The Morgan fingerprint density at radius 1 is 1.09 bits per heavy atom. The van der Waals surface area contributed by atoms with Crippen LogP contribution in [-0.2, 0) is 10.0 Å². The van der Waals surface area contributed by atoms with E-state index in [1.54, 1.807) is 12.1 Å². The first kappa shape index (κ1) is 17.9. The Labute approximate surface area is 148 Å². The van der Waals surface area contributed by atoms with Gasteiger partial charge in [0, 0.05) is 16.6 Å². The van der Waals surface area contributed by atoms with E-state index < -0.39 is 10.0 Å². The lowest BCUT2D eigenvalue weighted by molar-refractivity contribution is 0.405. The zero-order valence-corrected chi connectivity index (χ0v) is 15.8. The molecule has 2 rings (SSSR count). The molecule has 0 aliphatic heterocycles. The van der Waals surface area contributed by atoms with E-state index in [2.05, 4.69) is 20.7 Å². The minimum absolute atomic E-state index is 0.124. The molecule has 0 aromatic heterocycles. The second kappa shape index (κ2) is 6.98. The molecule has 0 spiro atoms. The van der Waals surface area contributed by atoms with E-state index in [-0.39, 0.29) is 10.6 Å². The summed E-state index contributed by atoms with van der Waals surface area (Å²) in [5, 5.41) is 0.323. The first-order valence-corrected chi connectivity index (χ1v) is 9.14. The molecular formula is C15H15BrClNO4S. The third kappa shape index (κ3) is 3.91. The van der Waals surface area contributed by atoms with Crippen LogP contribution in [0.2, 0.25) is 5.02 Å². The lowest BCUT2D eigenvalue weighted by atomic mass is 10.2. The quantitative estimate of drug-likeness (QED) is 0.786. The number of methoxy groups -OCH3 is 2. The highest BCUT2D eigenvalue weighted by molar-refractivity contribution is 9.10.